The first-order chi connectivity index (χ1) is 8.71. The molecular weight excluding hydrogens is 222 g/mol. The van der Waals surface area contributed by atoms with E-state index in [1.807, 2.05) is 18.2 Å². The van der Waals surface area contributed by atoms with E-state index in [0.717, 1.165) is 37.1 Å². The van der Waals surface area contributed by atoms with Gasteiger partial charge in [-0.25, -0.2) is 0 Å². The molecule has 0 aromatic heterocycles. The molecule has 0 spiro atoms. The Labute approximate surface area is 108 Å². The van der Waals surface area contributed by atoms with E-state index in [0.29, 0.717) is 5.78 Å². The van der Waals surface area contributed by atoms with Gasteiger partial charge < -0.3 is 4.90 Å². The van der Waals surface area contributed by atoms with E-state index in [-0.39, 0.29) is 5.54 Å². The lowest BCUT2D eigenvalue weighted by Crippen LogP contribution is -2.47. The standard InChI is InChI=1S/C16H19NO/c1-3-4-10-16-12(2)9-11-17(16)14-8-6-5-7-13(14)15(16)18/h5-9H,3-4,10-11H2,1-2H3. The molecule has 0 saturated heterocycles. The Morgan fingerprint density at radius 3 is 2.89 bits per heavy atom. The van der Waals surface area contributed by atoms with Gasteiger partial charge in [-0.05, 0) is 31.1 Å². The second kappa shape index (κ2) is 3.98. The maximum absolute atomic E-state index is 12.8. The lowest BCUT2D eigenvalue weighted by atomic mass is 9.82. The molecule has 0 radical (unpaired) electrons. The van der Waals surface area contributed by atoms with Crippen LogP contribution < -0.4 is 4.90 Å². The van der Waals surface area contributed by atoms with Crippen molar-refractivity contribution < 1.29 is 4.79 Å². The normalized spacial score (nSPS) is 25.1. The maximum atomic E-state index is 12.8. The van der Waals surface area contributed by atoms with Crippen LogP contribution in [0.15, 0.2) is 35.9 Å². The molecule has 1 aromatic carbocycles. The number of Topliss-reactive ketones (excluding diaryl/α,β-unsaturated/α-hetero) is 1. The van der Waals surface area contributed by atoms with Crippen LogP contribution in [-0.4, -0.2) is 17.9 Å². The lowest BCUT2D eigenvalue weighted by molar-refractivity contribution is 0.0922. The minimum absolute atomic E-state index is 0.304. The van der Waals surface area contributed by atoms with E-state index in [2.05, 4.69) is 30.9 Å². The predicted octanol–water partition coefficient (Wildman–Crippen LogP) is 3.58. The van der Waals surface area contributed by atoms with Crippen molar-refractivity contribution in [3.63, 3.8) is 0 Å². The van der Waals surface area contributed by atoms with Crippen molar-refractivity contribution in [2.24, 2.45) is 0 Å². The van der Waals surface area contributed by atoms with E-state index in [9.17, 15) is 4.79 Å². The Bertz CT molecular complexity index is 532. The van der Waals surface area contributed by atoms with E-state index in [1.165, 1.54) is 5.57 Å². The molecule has 1 aromatic rings. The number of hydrogen-bond donors (Lipinski definition) is 0. The van der Waals surface area contributed by atoms with Crippen LogP contribution in [0.2, 0.25) is 0 Å². The van der Waals surface area contributed by atoms with Crippen LogP contribution in [0.5, 0.6) is 0 Å². The number of hydrogen-bond acceptors (Lipinski definition) is 2. The minimum Gasteiger partial charge on any atom is -0.351 e. The summed E-state index contributed by atoms with van der Waals surface area (Å²) in [7, 11) is 0. The van der Waals surface area contributed by atoms with E-state index in [1.54, 1.807) is 0 Å². The van der Waals surface area contributed by atoms with Gasteiger partial charge in [0.1, 0.15) is 5.54 Å². The summed E-state index contributed by atoms with van der Waals surface area (Å²) in [5.41, 5.74) is 2.89. The Hall–Kier alpha value is -1.57. The molecular formula is C16H19NO. The van der Waals surface area contributed by atoms with Crippen molar-refractivity contribution in [2.75, 3.05) is 11.4 Å². The fraction of sp³-hybridized carbons (Fsp3) is 0.438. The molecule has 18 heavy (non-hydrogen) atoms. The van der Waals surface area contributed by atoms with Crippen molar-refractivity contribution in [1.29, 1.82) is 0 Å². The number of anilines is 1. The molecule has 0 saturated carbocycles. The summed E-state index contributed by atoms with van der Waals surface area (Å²) in [6, 6.07) is 8.03. The summed E-state index contributed by atoms with van der Waals surface area (Å²) < 4.78 is 0. The molecule has 0 fully saturated rings. The average molecular weight is 241 g/mol. The van der Waals surface area contributed by atoms with Gasteiger partial charge in [0.15, 0.2) is 5.78 Å². The maximum Gasteiger partial charge on any atom is 0.194 e. The van der Waals surface area contributed by atoms with Crippen LogP contribution in [0.1, 0.15) is 43.5 Å². The van der Waals surface area contributed by atoms with Gasteiger partial charge in [-0.1, -0.05) is 38.0 Å². The predicted molar refractivity (Wildman–Crippen MR) is 74.1 cm³/mol. The number of carbonyl (C=O) groups excluding carboxylic acids is 1. The number of nitrogens with zero attached hydrogens (tertiary/aromatic N) is 1. The molecule has 3 rings (SSSR count). The number of rotatable bonds is 3. The second-order valence-electron chi connectivity index (χ2n) is 5.31. The lowest BCUT2D eigenvalue weighted by Gasteiger charge is -2.34. The molecule has 0 aliphatic carbocycles. The number of unbranched alkanes of at least 4 members (excludes halogenated alkanes) is 1. The second-order valence-corrected chi connectivity index (χ2v) is 5.31. The average Bonchev–Trinajstić information content (AvgIpc) is 2.85. The minimum atomic E-state index is -0.361. The molecule has 1 atom stereocenters. The van der Waals surface area contributed by atoms with Crippen LogP contribution in [0.25, 0.3) is 0 Å². The number of carbonyl (C=O) groups is 1. The van der Waals surface area contributed by atoms with Crippen LogP contribution in [0.4, 0.5) is 5.69 Å². The Morgan fingerprint density at radius 1 is 1.33 bits per heavy atom. The Balaban J connectivity index is 2.10. The zero-order valence-electron chi connectivity index (χ0n) is 11.1. The number of fused-ring (bicyclic) bond motifs is 3. The zero-order chi connectivity index (χ0) is 12.8. The first kappa shape index (κ1) is 11.5. The number of para-hydroxylation sites is 1. The molecule has 2 heteroatoms. The van der Waals surface area contributed by atoms with E-state index in [4.69, 9.17) is 0 Å². The number of ketones is 1. The summed E-state index contributed by atoms with van der Waals surface area (Å²) in [5, 5.41) is 0. The molecule has 0 bridgehead atoms. The smallest absolute Gasteiger partial charge is 0.194 e. The van der Waals surface area contributed by atoms with Crippen LogP contribution in [0.3, 0.4) is 0 Å². The molecule has 2 nitrogen and oxygen atoms in total. The summed E-state index contributed by atoms with van der Waals surface area (Å²) >= 11 is 0. The Morgan fingerprint density at radius 2 is 2.11 bits per heavy atom. The van der Waals surface area contributed by atoms with Gasteiger partial charge in [-0.15, -0.1) is 0 Å². The molecule has 0 N–H and O–H groups in total. The molecule has 0 amide bonds. The third-order valence-electron chi connectivity index (χ3n) is 4.40. The third-order valence-corrected chi connectivity index (χ3v) is 4.40. The topological polar surface area (TPSA) is 20.3 Å². The fourth-order valence-electron chi connectivity index (χ4n) is 3.37. The number of benzene rings is 1. The Kier molecular flexibility index (Phi) is 2.54. The van der Waals surface area contributed by atoms with Crippen molar-refractivity contribution in [1.82, 2.24) is 0 Å². The summed E-state index contributed by atoms with van der Waals surface area (Å²) in [6.45, 7) is 5.17. The highest BCUT2D eigenvalue weighted by Crippen LogP contribution is 2.48. The summed E-state index contributed by atoms with van der Waals surface area (Å²) in [5.74, 6) is 0.304. The largest absolute Gasteiger partial charge is 0.351 e. The van der Waals surface area contributed by atoms with Crippen molar-refractivity contribution in [2.45, 2.75) is 38.6 Å². The van der Waals surface area contributed by atoms with Crippen molar-refractivity contribution in [3.05, 3.63) is 41.5 Å². The quantitative estimate of drug-likeness (QED) is 0.754. The highest BCUT2D eigenvalue weighted by atomic mass is 16.1. The van der Waals surface area contributed by atoms with E-state index < -0.39 is 0 Å². The van der Waals surface area contributed by atoms with Crippen LogP contribution >= 0.6 is 0 Å². The third kappa shape index (κ3) is 1.26. The first-order valence-electron chi connectivity index (χ1n) is 6.80. The van der Waals surface area contributed by atoms with Crippen LogP contribution in [0, 0.1) is 0 Å². The zero-order valence-corrected chi connectivity index (χ0v) is 11.1. The molecule has 1 unspecified atom stereocenters. The highest BCUT2D eigenvalue weighted by Gasteiger charge is 2.53. The van der Waals surface area contributed by atoms with Gasteiger partial charge >= 0.3 is 0 Å². The van der Waals surface area contributed by atoms with Crippen molar-refractivity contribution >= 4 is 11.5 Å². The summed E-state index contributed by atoms with van der Waals surface area (Å²) in [6.07, 6.45) is 5.39. The molecule has 2 heterocycles. The fourth-order valence-corrected chi connectivity index (χ4v) is 3.37. The monoisotopic (exact) mass is 241 g/mol. The highest BCUT2D eigenvalue weighted by molar-refractivity contribution is 6.16. The summed E-state index contributed by atoms with van der Waals surface area (Å²) in [4.78, 5) is 15.1. The first-order valence-corrected chi connectivity index (χ1v) is 6.80. The van der Waals surface area contributed by atoms with Gasteiger partial charge in [0.2, 0.25) is 0 Å². The van der Waals surface area contributed by atoms with Crippen LogP contribution in [-0.2, 0) is 0 Å². The van der Waals surface area contributed by atoms with Crippen molar-refractivity contribution in [3.8, 4) is 0 Å². The molecule has 2 aliphatic heterocycles. The molecule has 2 aliphatic rings. The van der Waals surface area contributed by atoms with Gasteiger partial charge in [0, 0.05) is 17.8 Å². The van der Waals surface area contributed by atoms with Gasteiger partial charge in [0.05, 0.1) is 0 Å². The molecule has 94 valence electrons. The van der Waals surface area contributed by atoms with Gasteiger partial charge in [0.25, 0.3) is 0 Å². The van der Waals surface area contributed by atoms with Gasteiger partial charge in [-0.2, -0.15) is 0 Å². The van der Waals surface area contributed by atoms with Gasteiger partial charge in [-0.3, -0.25) is 4.79 Å². The SMILES string of the molecule is CCCCC12C(=O)c3ccccc3N1CC=C2C. The van der Waals surface area contributed by atoms with E-state index >= 15 is 0 Å².